The minimum atomic E-state index is -0.159. The van der Waals surface area contributed by atoms with E-state index in [9.17, 15) is 4.79 Å². The maximum absolute atomic E-state index is 12.3. The molecule has 1 aliphatic rings. The number of hydrogen-bond donors (Lipinski definition) is 1. The lowest BCUT2D eigenvalue weighted by Crippen LogP contribution is -2.52. The lowest BCUT2D eigenvalue weighted by atomic mass is 10.1. The lowest BCUT2D eigenvalue weighted by molar-refractivity contribution is 0.127. The number of urea groups is 1. The van der Waals surface area contributed by atoms with Gasteiger partial charge in [0.1, 0.15) is 5.69 Å². The van der Waals surface area contributed by atoms with Crippen molar-refractivity contribution in [3.63, 3.8) is 0 Å². The van der Waals surface area contributed by atoms with Gasteiger partial charge in [0.25, 0.3) is 0 Å². The highest BCUT2D eigenvalue weighted by Gasteiger charge is 2.33. The number of para-hydroxylation sites is 1. The topological polar surface area (TPSA) is 63.1 Å². The Balaban J connectivity index is 1.37. The molecule has 1 aromatic heterocycles. The number of likely N-dealkylation sites (tertiary alicyclic amines) is 1. The van der Waals surface area contributed by atoms with Crippen molar-refractivity contribution in [1.29, 1.82) is 0 Å². The third-order valence-corrected chi connectivity index (χ3v) is 4.55. The summed E-state index contributed by atoms with van der Waals surface area (Å²) in [6, 6.07) is 17.1. The maximum atomic E-state index is 12.3. The lowest BCUT2D eigenvalue weighted by Gasteiger charge is -2.38. The molecule has 1 N–H and O–H groups in total. The molecule has 2 aromatic carbocycles. The standard InChI is InChI=1S/C18H16ClN5O/c19-15-8-4-5-9-16(15)20-18(25)23-10-14(11-23)24-12-17(21-22-24)13-6-2-1-3-7-13/h1-9,12,14H,10-11H2,(H,20,25). The van der Waals surface area contributed by atoms with Gasteiger partial charge >= 0.3 is 6.03 Å². The summed E-state index contributed by atoms with van der Waals surface area (Å²) in [5, 5.41) is 11.8. The van der Waals surface area contributed by atoms with Gasteiger partial charge in [-0.1, -0.05) is 59.3 Å². The fourth-order valence-corrected chi connectivity index (χ4v) is 2.92. The number of rotatable bonds is 3. The average Bonchev–Trinajstić information content (AvgIpc) is 3.06. The van der Waals surface area contributed by atoms with E-state index in [1.54, 1.807) is 17.0 Å². The number of halogens is 1. The van der Waals surface area contributed by atoms with Crippen molar-refractivity contribution in [3.05, 3.63) is 65.8 Å². The van der Waals surface area contributed by atoms with Crippen LogP contribution in [0.3, 0.4) is 0 Å². The summed E-state index contributed by atoms with van der Waals surface area (Å²) in [5.41, 5.74) is 2.48. The number of carbonyl (C=O) groups excluding carboxylic acids is 1. The molecule has 4 rings (SSSR count). The summed E-state index contributed by atoms with van der Waals surface area (Å²) in [5.74, 6) is 0. The van der Waals surface area contributed by atoms with Crippen LogP contribution in [0.2, 0.25) is 5.02 Å². The summed E-state index contributed by atoms with van der Waals surface area (Å²) in [4.78, 5) is 14.0. The molecule has 1 saturated heterocycles. The quantitative estimate of drug-likeness (QED) is 0.781. The molecule has 2 heterocycles. The van der Waals surface area contributed by atoms with E-state index in [1.165, 1.54) is 0 Å². The summed E-state index contributed by atoms with van der Waals surface area (Å²) in [6.45, 7) is 1.18. The Kier molecular flexibility index (Phi) is 4.11. The Hall–Kier alpha value is -2.86. The van der Waals surface area contributed by atoms with Gasteiger partial charge in [-0.05, 0) is 12.1 Å². The molecule has 0 spiro atoms. The number of amides is 2. The Morgan fingerprint density at radius 1 is 1.08 bits per heavy atom. The normalized spacial score (nSPS) is 14.2. The van der Waals surface area contributed by atoms with Gasteiger partial charge in [-0.25, -0.2) is 9.48 Å². The highest BCUT2D eigenvalue weighted by molar-refractivity contribution is 6.33. The monoisotopic (exact) mass is 353 g/mol. The third-order valence-electron chi connectivity index (χ3n) is 4.22. The van der Waals surface area contributed by atoms with Crippen LogP contribution in [0.25, 0.3) is 11.3 Å². The molecular weight excluding hydrogens is 338 g/mol. The predicted molar refractivity (Wildman–Crippen MR) is 96.5 cm³/mol. The van der Waals surface area contributed by atoms with Crippen LogP contribution < -0.4 is 5.32 Å². The zero-order valence-corrected chi connectivity index (χ0v) is 14.1. The number of hydrogen-bond acceptors (Lipinski definition) is 3. The van der Waals surface area contributed by atoms with Crippen LogP contribution in [-0.2, 0) is 0 Å². The first-order chi connectivity index (χ1) is 12.2. The number of aromatic nitrogens is 3. The molecule has 6 nitrogen and oxygen atoms in total. The molecule has 2 amide bonds. The van der Waals surface area contributed by atoms with Gasteiger partial charge in [-0.3, -0.25) is 0 Å². The van der Waals surface area contributed by atoms with Gasteiger partial charge in [0, 0.05) is 18.7 Å². The number of benzene rings is 2. The average molecular weight is 354 g/mol. The molecule has 0 atom stereocenters. The zero-order valence-electron chi connectivity index (χ0n) is 13.3. The maximum Gasteiger partial charge on any atom is 0.322 e. The molecule has 3 aromatic rings. The first-order valence-electron chi connectivity index (χ1n) is 7.98. The number of nitrogens with one attached hydrogen (secondary N) is 1. The van der Waals surface area contributed by atoms with E-state index < -0.39 is 0 Å². The van der Waals surface area contributed by atoms with Crippen LogP contribution in [0.1, 0.15) is 6.04 Å². The molecule has 1 aliphatic heterocycles. The van der Waals surface area contributed by atoms with Gasteiger partial charge in [0.05, 0.1) is 22.9 Å². The Bertz CT molecular complexity index is 889. The zero-order chi connectivity index (χ0) is 17.2. The van der Waals surface area contributed by atoms with E-state index in [0.29, 0.717) is 23.8 Å². The SMILES string of the molecule is O=C(Nc1ccccc1Cl)N1CC(n2cc(-c3ccccc3)nn2)C1. The first kappa shape index (κ1) is 15.7. The molecule has 1 fully saturated rings. The third kappa shape index (κ3) is 3.21. The van der Waals surface area contributed by atoms with Crippen molar-refractivity contribution in [2.24, 2.45) is 0 Å². The molecule has 0 radical (unpaired) electrons. The van der Waals surface area contributed by atoms with Crippen LogP contribution in [0.15, 0.2) is 60.8 Å². The molecule has 0 aliphatic carbocycles. The van der Waals surface area contributed by atoms with Crippen molar-refractivity contribution in [2.45, 2.75) is 6.04 Å². The van der Waals surface area contributed by atoms with E-state index in [-0.39, 0.29) is 12.1 Å². The van der Waals surface area contributed by atoms with Crippen LogP contribution in [0.4, 0.5) is 10.5 Å². The second-order valence-corrected chi connectivity index (χ2v) is 6.33. The minimum Gasteiger partial charge on any atom is -0.320 e. The van der Waals surface area contributed by atoms with Gasteiger partial charge < -0.3 is 10.2 Å². The van der Waals surface area contributed by atoms with Crippen LogP contribution in [0.5, 0.6) is 0 Å². The van der Waals surface area contributed by atoms with Crippen molar-refractivity contribution in [2.75, 3.05) is 18.4 Å². The Labute approximate surface area is 150 Å². The molecule has 25 heavy (non-hydrogen) atoms. The summed E-state index contributed by atoms with van der Waals surface area (Å²) in [7, 11) is 0. The highest BCUT2D eigenvalue weighted by Crippen LogP contribution is 2.25. The van der Waals surface area contributed by atoms with Crippen LogP contribution >= 0.6 is 11.6 Å². The Morgan fingerprint density at radius 2 is 1.80 bits per heavy atom. The number of anilines is 1. The Morgan fingerprint density at radius 3 is 2.56 bits per heavy atom. The molecule has 126 valence electrons. The van der Waals surface area contributed by atoms with Gasteiger partial charge in [0.15, 0.2) is 0 Å². The van der Waals surface area contributed by atoms with Gasteiger partial charge in [-0.2, -0.15) is 0 Å². The van der Waals surface area contributed by atoms with Crippen LogP contribution in [0, 0.1) is 0 Å². The van der Waals surface area contributed by atoms with Crippen molar-refractivity contribution in [3.8, 4) is 11.3 Å². The molecule has 0 bridgehead atoms. The second-order valence-electron chi connectivity index (χ2n) is 5.92. The smallest absolute Gasteiger partial charge is 0.320 e. The number of carbonyl (C=O) groups is 1. The van der Waals surface area contributed by atoms with E-state index in [0.717, 1.165) is 11.3 Å². The summed E-state index contributed by atoms with van der Waals surface area (Å²) >= 11 is 6.06. The molecule has 0 unspecified atom stereocenters. The molecule has 0 saturated carbocycles. The molecule has 7 heteroatoms. The molecular formula is C18H16ClN5O. The van der Waals surface area contributed by atoms with E-state index >= 15 is 0 Å². The van der Waals surface area contributed by atoms with Gasteiger partial charge in [0.2, 0.25) is 0 Å². The van der Waals surface area contributed by atoms with Crippen LogP contribution in [-0.4, -0.2) is 39.0 Å². The van der Waals surface area contributed by atoms with E-state index in [2.05, 4.69) is 15.6 Å². The largest absolute Gasteiger partial charge is 0.322 e. The van der Waals surface area contributed by atoms with Crippen molar-refractivity contribution >= 4 is 23.3 Å². The van der Waals surface area contributed by atoms with E-state index in [4.69, 9.17) is 11.6 Å². The minimum absolute atomic E-state index is 0.141. The van der Waals surface area contributed by atoms with E-state index in [1.807, 2.05) is 53.3 Å². The second kappa shape index (κ2) is 6.57. The van der Waals surface area contributed by atoms with Crippen molar-refractivity contribution < 1.29 is 4.79 Å². The summed E-state index contributed by atoms with van der Waals surface area (Å²) in [6.07, 6.45) is 1.92. The summed E-state index contributed by atoms with van der Waals surface area (Å²) < 4.78 is 1.82. The fourth-order valence-electron chi connectivity index (χ4n) is 2.74. The highest BCUT2D eigenvalue weighted by atomic mass is 35.5. The predicted octanol–water partition coefficient (Wildman–Crippen LogP) is 3.69. The van der Waals surface area contributed by atoms with Gasteiger partial charge in [-0.15, -0.1) is 5.10 Å². The first-order valence-corrected chi connectivity index (χ1v) is 8.36. The number of nitrogens with zero attached hydrogens (tertiary/aromatic N) is 4. The fraction of sp³-hybridized carbons (Fsp3) is 0.167. The van der Waals surface area contributed by atoms with Crippen molar-refractivity contribution in [1.82, 2.24) is 19.9 Å².